The number of nitrogens with one attached hydrogen (secondary N) is 1. The van der Waals surface area contributed by atoms with Crippen molar-refractivity contribution in [1.82, 2.24) is 4.90 Å². The summed E-state index contributed by atoms with van der Waals surface area (Å²) < 4.78 is 15.0. The second-order valence-electron chi connectivity index (χ2n) is 6.25. The highest BCUT2D eigenvalue weighted by atomic mass is 16.6. The first-order valence-electron chi connectivity index (χ1n) is 8.92. The molecule has 0 aliphatic rings. The molecule has 1 N–H and O–H groups in total. The molecule has 0 heterocycles. The number of carbonyl (C=O) groups excluding carboxylic acids is 3. The highest BCUT2D eigenvalue weighted by Gasteiger charge is 2.21. The number of nitrogens with zero attached hydrogens (tertiary/aromatic N) is 2. The molecule has 0 saturated heterocycles. The number of benzene rings is 2. The molecule has 11 heteroatoms. The summed E-state index contributed by atoms with van der Waals surface area (Å²) in [6.07, 6.45) is 0. The van der Waals surface area contributed by atoms with Crippen LogP contribution in [0.4, 0.5) is 11.4 Å². The summed E-state index contributed by atoms with van der Waals surface area (Å²) >= 11 is 0. The Hall–Kier alpha value is -4.15. The van der Waals surface area contributed by atoms with Crippen molar-refractivity contribution < 1.29 is 33.5 Å². The third-order valence-corrected chi connectivity index (χ3v) is 4.10. The van der Waals surface area contributed by atoms with Crippen LogP contribution in [0.25, 0.3) is 0 Å². The highest BCUT2D eigenvalue weighted by Crippen LogP contribution is 2.24. The quantitative estimate of drug-likeness (QED) is 0.361. The molecule has 0 aliphatic heterocycles. The van der Waals surface area contributed by atoms with Gasteiger partial charge in [-0.2, -0.15) is 0 Å². The van der Waals surface area contributed by atoms with Crippen LogP contribution in [0.2, 0.25) is 0 Å². The van der Waals surface area contributed by atoms with E-state index < -0.39 is 29.3 Å². The lowest BCUT2D eigenvalue weighted by Crippen LogP contribution is -2.37. The second kappa shape index (κ2) is 10.6. The predicted molar refractivity (Wildman–Crippen MR) is 109 cm³/mol. The molecule has 0 radical (unpaired) electrons. The zero-order valence-electron chi connectivity index (χ0n) is 17.1. The monoisotopic (exact) mass is 431 g/mol. The van der Waals surface area contributed by atoms with Crippen LogP contribution in [-0.4, -0.2) is 62.0 Å². The lowest BCUT2D eigenvalue weighted by Gasteiger charge is -2.17. The molecule has 0 fully saturated rings. The third-order valence-electron chi connectivity index (χ3n) is 4.10. The van der Waals surface area contributed by atoms with Crippen LogP contribution < -0.4 is 14.8 Å². The van der Waals surface area contributed by atoms with Gasteiger partial charge in [0.25, 0.3) is 11.6 Å². The SMILES string of the molecule is COc1cccc(NC(=O)CN(C)C(=O)COC(=O)c2cc([N+](=O)[O-])ccc2OC)c1. The van der Waals surface area contributed by atoms with Gasteiger partial charge in [0.2, 0.25) is 5.91 Å². The minimum Gasteiger partial charge on any atom is -0.497 e. The molecule has 2 aromatic carbocycles. The van der Waals surface area contributed by atoms with Crippen molar-refractivity contribution >= 4 is 29.2 Å². The van der Waals surface area contributed by atoms with Gasteiger partial charge in [-0.3, -0.25) is 19.7 Å². The Bertz CT molecular complexity index is 992. The lowest BCUT2D eigenvalue weighted by molar-refractivity contribution is -0.384. The number of likely N-dealkylation sites (N-methyl/N-ethyl adjacent to an activating group) is 1. The number of nitro benzene ring substituents is 1. The van der Waals surface area contributed by atoms with E-state index in [-0.39, 0.29) is 23.5 Å². The van der Waals surface area contributed by atoms with Gasteiger partial charge < -0.3 is 24.4 Å². The van der Waals surface area contributed by atoms with E-state index in [9.17, 15) is 24.5 Å². The first-order chi connectivity index (χ1) is 14.7. The Morgan fingerprint density at radius 2 is 1.84 bits per heavy atom. The Labute approximate surface area is 177 Å². The summed E-state index contributed by atoms with van der Waals surface area (Å²) in [7, 11) is 4.16. The maximum absolute atomic E-state index is 12.3. The summed E-state index contributed by atoms with van der Waals surface area (Å²) in [6.45, 7) is -0.943. The summed E-state index contributed by atoms with van der Waals surface area (Å²) in [5.74, 6) is -1.45. The van der Waals surface area contributed by atoms with Gasteiger partial charge in [-0.05, 0) is 18.2 Å². The Morgan fingerprint density at radius 3 is 2.48 bits per heavy atom. The molecule has 0 saturated carbocycles. The summed E-state index contributed by atoms with van der Waals surface area (Å²) in [5.41, 5.74) is -0.0253. The summed E-state index contributed by atoms with van der Waals surface area (Å²) in [4.78, 5) is 47.9. The molecule has 164 valence electrons. The average molecular weight is 431 g/mol. The van der Waals surface area contributed by atoms with Crippen molar-refractivity contribution in [2.45, 2.75) is 0 Å². The number of non-ortho nitro benzene ring substituents is 1. The minimum absolute atomic E-state index is 0.0640. The minimum atomic E-state index is -0.969. The van der Waals surface area contributed by atoms with Crippen LogP contribution >= 0.6 is 0 Å². The molecular weight excluding hydrogens is 410 g/mol. The number of ether oxygens (including phenoxy) is 3. The maximum Gasteiger partial charge on any atom is 0.342 e. The first-order valence-corrected chi connectivity index (χ1v) is 8.92. The summed E-state index contributed by atoms with van der Waals surface area (Å²) in [6, 6.07) is 10.1. The van der Waals surface area contributed by atoms with E-state index in [4.69, 9.17) is 14.2 Å². The molecule has 2 aromatic rings. The standard InChI is InChI=1S/C20H21N3O8/c1-22(11-18(24)21-13-5-4-6-15(9-13)29-2)19(25)12-31-20(26)16-10-14(23(27)28)7-8-17(16)30-3/h4-10H,11-12H2,1-3H3,(H,21,24). The third kappa shape index (κ3) is 6.42. The largest absolute Gasteiger partial charge is 0.497 e. The molecule has 0 unspecified atom stereocenters. The molecule has 0 aliphatic carbocycles. The molecule has 11 nitrogen and oxygen atoms in total. The molecule has 0 atom stereocenters. The van der Waals surface area contributed by atoms with Gasteiger partial charge in [0.05, 0.1) is 25.7 Å². The van der Waals surface area contributed by atoms with Crippen molar-refractivity contribution in [3.8, 4) is 11.5 Å². The van der Waals surface area contributed by atoms with E-state index in [0.29, 0.717) is 11.4 Å². The van der Waals surface area contributed by atoms with Crippen LogP contribution in [0.3, 0.4) is 0 Å². The molecule has 2 amide bonds. The fourth-order valence-corrected chi connectivity index (χ4v) is 2.49. The topological polar surface area (TPSA) is 137 Å². The van der Waals surface area contributed by atoms with Crippen molar-refractivity contribution in [2.75, 3.05) is 39.7 Å². The lowest BCUT2D eigenvalue weighted by atomic mass is 10.2. The van der Waals surface area contributed by atoms with Gasteiger partial charge >= 0.3 is 5.97 Å². The molecule has 0 aromatic heterocycles. The Morgan fingerprint density at radius 1 is 1.10 bits per heavy atom. The van der Waals surface area contributed by atoms with Crippen LogP contribution in [0, 0.1) is 10.1 Å². The molecule has 31 heavy (non-hydrogen) atoms. The van der Waals surface area contributed by atoms with Gasteiger partial charge in [-0.15, -0.1) is 0 Å². The smallest absolute Gasteiger partial charge is 0.342 e. The van der Waals surface area contributed by atoms with Crippen LogP contribution in [0.15, 0.2) is 42.5 Å². The fraction of sp³-hybridized carbons (Fsp3) is 0.250. The number of carbonyl (C=O) groups is 3. The molecule has 2 rings (SSSR count). The van der Waals surface area contributed by atoms with E-state index in [2.05, 4.69) is 5.32 Å². The number of esters is 1. The maximum atomic E-state index is 12.3. The number of methoxy groups -OCH3 is 2. The van der Waals surface area contributed by atoms with E-state index in [1.54, 1.807) is 24.3 Å². The van der Waals surface area contributed by atoms with Crippen molar-refractivity contribution in [3.05, 3.63) is 58.1 Å². The number of amides is 2. The molecular formula is C20H21N3O8. The first kappa shape index (κ1) is 23.1. The van der Waals surface area contributed by atoms with Crippen LogP contribution in [0.1, 0.15) is 10.4 Å². The van der Waals surface area contributed by atoms with E-state index in [1.165, 1.54) is 33.4 Å². The Balaban J connectivity index is 1.92. The normalized spacial score (nSPS) is 10.0. The average Bonchev–Trinajstić information content (AvgIpc) is 2.76. The van der Waals surface area contributed by atoms with Crippen molar-refractivity contribution in [2.24, 2.45) is 0 Å². The number of hydrogen-bond acceptors (Lipinski definition) is 8. The second-order valence-corrected chi connectivity index (χ2v) is 6.25. The van der Waals surface area contributed by atoms with Gasteiger partial charge in [0, 0.05) is 30.9 Å². The number of rotatable bonds is 9. The Kier molecular flexibility index (Phi) is 7.89. The van der Waals surface area contributed by atoms with Crippen LogP contribution in [0.5, 0.6) is 11.5 Å². The zero-order valence-corrected chi connectivity index (χ0v) is 17.1. The molecule has 0 bridgehead atoms. The van der Waals surface area contributed by atoms with E-state index in [1.807, 2.05) is 0 Å². The number of anilines is 1. The highest BCUT2D eigenvalue weighted by molar-refractivity contribution is 5.96. The van der Waals surface area contributed by atoms with Gasteiger partial charge in [-0.25, -0.2) is 4.79 Å². The number of nitro groups is 1. The van der Waals surface area contributed by atoms with Gasteiger partial charge in [-0.1, -0.05) is 6.07 Å². The van der Waals surface area contributed by atoms with Crippen molar-refractivity contribution in [3.63, 3.8) is 0 Å². The van der Waals surface area contributed by atoms with E-state index in [0.717, 1.165) is 11.0 Å². The van der Waals surface area contributed by atoms with Crippen molar-refractivity contribution in [1.29, 1.82) is 0 Å². The number of hydrogen-bond donors (Lipinski definition) is 1. The van der Waals surface area contributed by atoms with Gasteiger partial charge in [0.15, 0.2) is 6.61 Å². The van der Waals surface area contributed by atoms with E-state index >= 15 is 0 Å². The predicted octanol–water partition coefficient (Wildman–Crippen LogP) is 1.87. The van der Waals surface area contributed by atoms with Crippen LogP contribution in [-0.2, 0) is 14.3 Å². The zero-order chi connectivity index (χ0) is 23.0. The molecule has 0 spiro atoms. The fourth-order valence-electron chi connectivity index (χ4n) is 2.49. The van der Waals surface area contributed by atoms with Gasteiger partial charge in [0.1, 0.15) is 17.1 Å². The summed E-state index contributed by atoms with van der Waals surface area (Å²) in [5, 5.41) is 13.5.